The van der Waals surface area contributed by atoms with Crippen LogP contribution in [0.25, 0.3) is 27.6 Å². The number of anilines is 3. The quantitative estimate of drug-likeness (QED) is 0.236. The summed E-state index contributed by atoms with van der Waals surface area (Å²) in [4.78, 5) is 18.1. The number of pyridine rings is 1. The fraction of sp³-hybridized carbons (Fsp3) is 0.182. The van der Waals surface area contributed by atoms with E-state index >= 15 is 0 Å². The number of hydrogen-bond donors (Lipinski definition) is 0. The highest BCUT2D eigenvalue weighted by Crippen LogP contribution is 2.41. The highest BCUT2D eigenvalue weighted by molar-refractivity contribution is 6.09. The van der Waals surface area contributed by atoms with Crippen LogP contribution in [0.3, 0.4) is 0 Å². The van der Waals surface area contributed by atoms with E-state index in [1.807, 2.05) is 37.5 Å². The van der Waals surface area contributed by atoms with Crippen molar-refractivity contribution in [1.29, 1.82) is 0 Å². The maximum atomic E-state index is 6.61. The Bertz CT molecular complexity index is 1870. The molecule has 7 heteroatoms. The summed E-state index contributed by atoms with van der Waals surface area (Å²) in [6.07, 6.45) is 5.30. The lowest BCUT2D eigenvalue weighted by atomic mass is 9.86. The molecule has 0 atom stereocenters. The summed E-state index contributed by atoms with van der Waals surface area (Å²) < 4.78 is 8.81. The van der Waals surface area contributed by atoms with E-state index in [4.69, 9.17) is 4.74 Å². The van der Waals surface area contributed by atoms with Gasteiger partial charge in [0.2, 0.25) is 0 Å². The average Bonchev–Trinajstić information content (AvgIpc) is 3.47. The molecule has 0 fully saturated rings. The summed E-state index contributed by atoms with van der Waals surface area (Å²) in [5.41, 5.74) is 4.31. The van der Waals surface area contributed by atoms with Crippen molar-refractivity contribution in [3.8, 4) is 17.3 Å². The first-order chi connectivity index (χ1) is 19.4. The van der Waals surface area contributed by atoms with Gasteiger partial charge in [0.05, 0.1) is 17.7 Å². The fourth-order valence-electron chi connectivity index (χ4n) is 5.45. The number of fused-ring (bicyclic) bond motifs is 4. The molecule has 0 amide bonds. The van der Waals surface area contributed by atoms with Gasteiger partial charge >= 0.3 is 0 Å². The van der Waals surface area contributed by atoms with Crippen molar-refractivity contribution in [2.45, 2.75) is 26.2 Å². The van der Waals surface area contributed by atoms with Crippen molar-refractivity contribution in [2.75, 3.05) is 23.5 Å². The zero-order valence-electron chi connectivity index (χ0n) is 23.0. The highest BCUT2D eigenvalue weighted by Gasteiger charge is 2.28. The van der Waals surface area contributed by atoms with Crippen molar-refractivity contribution >= 4 is 39.1 Å². The summed E-state index contributed by atoms with van der Waals surface area (Å²) in [6, 6.07) is 27.2. The second-order valence-electron chi connectivity index (χ2n) is 11.3. The third-order valence-electron chi connectivity index (χ3n) is 7.46. The molecule has 3 aromatic carbocycles. The largest absolute Gasteiger partial charge is 0.457 e. The van der Waals surface area contributed by atoms with Crippen molar-refractivity contribution in [3.63, 3.8) is 0 Å². The summed E-state index contributed by atoms with van der Waals surface area (Å²) in [5.74, 6) is 4.15. The molecule has 0 saturated carbocycles. The number of aromatic nitrogens is 4. The second-order valence-corrected chi connectivity index (χ2v) is 11.3. The van der Waals surface area contributed by atoms with Crippen LogP contribution < -0.4 is 14.5 Å². The Morgan fingerprint density at radius 2 is 1.48 bits per heavy atom. The minimum Gasteiger partial charge on any atom is -0.457 e. The normalized spacial score (nSPS) is 13.3. The zero-order chi connectivity index (χ0) is 27.4. The molecule has 40 heavy (non-hydrogen) atoms. The molecule has 1 aliphatic rings. The van der Waals surface area contributed by atoms with Crippen LogP contribution in [0.2, 0.25) is 0 Å². The molecule has 0 saturated heterocycles. The molecule has 6 aromatic rings. The maximum Gasteiger partial charge on any atom is 0.178 e. The lowest BCUT2D eigenvalue weighted by Gasteiger charge is -2.25. The Labute approximate surface area is 233 Å². The van der Waals surface area contributed by atoms with Gasteiger partial charge in [0, 0.05) is 54.2 Å². The van der Waals surface area contributed by atoms with Crippen LogP contribution in [0, 0.1) is 0 Å². The molecule has 1 aliphatic heterocycles. The fourth-order valence-corrected chi connectivity index (χ4v) is 5.45. The van der Waals surface area contributed by atoms with E-state index < -0.39 is 0 Å². The second kappa shape index (κ2) is 9.09. The predicted octanol–water partition coefficient (Wildman–Crippen LogP) is 7.60. The van der Waals surface area contributed by atoms with Crippen LogP contribution in [0.4, 0.5) is 17.3 Å². The third kappa shape index (κ3) is 4.02. The van der Waals surface area contributed by atoms with Gasteiger partial charge < -0.3 is 14.5 Å². The standard InChI is InChI=1S/C33H30N6O/c1-33(2,3)22-17-23(38-21-37(4)31-32(38)36-16-15-35-31)19-25(18-22)40-24-12-13-27-26-9-5-6-10-28(26)39(29(27)20-24)30-11-7-8-14-34-30/h5-20H,21H2,1-4H3. The summed E-state index contributed by atoms with van der Waals surface area (Å²) >= 11 is 0. The number of para-hydroxylation sites is 1. The molecule has 7 nitrogen and oxygen atoms in total. The van der Waals surface area contributed by atoms with Gasteiger partial charge in [-0.15, -0.1) is 0 Å². The number of hydrogen-bond acceptors (Lipinski definition) is 6. The van der Waals surface area contributed by atoms with E-state index in [1.54, 1.807) is 12.4 Å². The monoisotopic (exact) mass is 526 g/mol. The Hall–Kier alpha value is -4.91. The molecule has 7 rings (SSSR count). The molecule has 198 valence electrons. The molecule has 3 aromatic heterocycles. The van der Waals surface area contributed by atoms with Gasteiger partial charge in [-0.25, -0.2) is 15.0 Å². The molecular weight excluding hydrogens is 496 g/mol. The van der Waals surface area contributed by atoms with Crippen LogP contribution in [0.5, 0.6) is 11.5 Å². The van der Waals surface area contributed by atoms with E-state index in [0.29, 0.717) is 6.67 Å². The van der Waals surface area contributed by atoms with E-state index in [0.717, 1.165) is 51.1 Å². The van der Waals surface area contributed by atoms with Gasteiger partial charge in [-0.2, -0.15) is 0 Å². The Morgan fingerprint density at radius 1 is 0.700 bits per heavy atom. The zero-order valence-corrected chi connectivity index (χ0v) is 23.0. The summed E-state index contributed by atoms with van der Waals surface area (Å²) in [7, 11) is 2.04. The van der Waals surface area contributed by atoms with Crippen LogP contribution in [0.15, 0.2) is 97.5 Å². The van der Waals surface area contributed by atoms with E-state index in [2.05, 4.69) is 105 Å². The predicted molar refractivity (Wildman–Crippen MR) is 161 cm³/mol. The molecule has 0 aliphatic carbocycles. The number of benzene rings is 3. The topological polar surface area (TPSA) is 59.3 Å². The van der Waals surface area contributed by atoms with E-state index in [-0.39, 0.29) is 5.41 Å². The molecule has 0 bridgehead atoms. The molecule has 0 spiro atoms. The van der Waals surface area contributed by atoms with Gasteiger partial charge in [-0.3, -0.25) is 4.57 Å². The average molecular weight is 527 g/mol. The van der Waals surface area contributed by atoms with Crippen LogP contribution in [-0.2, 0) is 5.41 Å². The minimum absolute atomic E-state index is 0.0691. The van der Waals surface area contributed by atoms with Crippen molar-refractivity contribution < 1.29 is 4.74 Å². The lowest BCUT2D eigenvalue weighted by Crippen LogP contribution is -2.25. The van der Waals surface area contributed by atoms with Crippen LogP contribution >= 0.6 is 0 Å². The van der Waals surface area contributed by atoms with E-state index in [9.17, 15) is 0 Å². The first-order valence-electron chi connectivity index (χ1n) is 13.4. The van der Waals surface area contributed by atoms with Gasteiger partial charge in [0.15, 0.2) is 11.6 Å². The molecular formula is C33H30N6O. The third-order valence-corrected chi connectivity index (χ3v) is 7.46. The van der Waals surface area contributed by atoms with Crippen molar-refractivity contribution in [1.82, 2.24) is 19.5 Å². The molecule has 0 unspecified atom stereocenters. The molecule has 0 radical (unpaired) electrons. The minimum atomic E-state index is -0.0691. The van der Waals surface area contributed by atoms with Crippen molar-refractivity contribution in [2.24, 2.45) is 0 Å². The van der Waals surface area contributed by atoms with Gasteiger partial charge in [0.1, 0.15) is 17.3 Å². The Balaban J connectivity index is 1.34. The SMILES string of the molecule is CN1CN(c2cc(Oc3ccc4c5ccccc5n(-c5ccccn5)c4c3)cc(C(C)(C)C)c2)c2nccnc21. The first-order valence-corrected chi connectivity index (χ1v) is 13.4. The van der Waals surface area contributed by atoms with Gasteiger partial charge in [-0.1, -0.05) is 45.0 Å². The summed E-state index contributed by atoms with van der Waals surface area (Å²) in [6.45, 7) is 7.33. The highest BCUT2D eigenvalue weighted by atomic mass is 16.5. The number of ether oxygens (including phenoxy) is 1. The van der Waals surface area contributed by atoms with Crippen molar-refractivity contribution in [3.05, 3.63) is 103 Å². The number of nitrogens with zero attached hydrogens (tertiary/aromatic N) is 6. The molecule has 0 N–H and O–H groups in total. The Kier molecular flexibility index (Phi) is 5.49. The lowest BCUT2D eigenvalue weighted by molar-refractivity contribution is 0.479. The summed E-state index contributed by atoms with van der Waals surface area (Å²) in [5, 5.41) is 2.35. The number of rotatable bonds is 4. The van der Waals surface area contributed by atoms with Crippen LogP contribution in [-0.4, -0.2) is 33.2 Å². The van der Waals surface area contributed by atoms with E-state index in [1.165, 1.54) is 10.9 Å². The first kappa shape index (κ1) is 24.2. The Morgan fingerprint density at radius 3 is 2.27 bits per heavy atom. The van der Waals surface area contributed by atoms with Crippen LogP contribution in [0.1, 0.15) is 26.3 Å². The maximum absolute atomic E-state index is 6.61. The smallest absolute Gasteiger partial charge is 0.178 e. The van der Waals surface area contributed by atoms with Gasteiger partial charge in [0.25, 0.3) is 0 Å². The molecule has 4 heterocycles. The van der Waals surface area contributed by atoms with Gasteiger partial charge in [-0.05, 0) is 53.4 Å².